The van der Waals surface area contributed by atoms with E-state index in [-0.39, 0.29) is 23.0 Å². The Balaban J connectivity index is 0.979. The number of unbranched alkanes of at least 4 members (excludes halogenated alkanes) is 32. The summed E-state index contributed by atoms with van der Waals surface area (Å²) in [6, 6.07) is 58.1. The maximum atomic E-state index is 15.7. The highest BCUT2D eigenvalue weighted by Crippen LogP contribution is 2.73. The zero-order valence-electron chi connectivity index (χ0n) is 88.4. The standard InChI is InChI=1S/C134H150N4O2S6/c1-11-19-27-35-43-55-89-67-90(56-44-36-28-20-12-2)72-101(71-89)133(102-73-91(57-45-37-29-21-13-3)68-92(74-102)58-46-38-30-22-14-4)119-125-115(85-105(141-125)83-111-117(113(87-135)137-9)107-79-97-63-51-53-65-99(97)81-109(107)123(111)139)143-127(119)129-121(133)131-132(145-129)122-130(146-131)128-120(126-116(144-128)86-106(142-126)84-112-118(114(88-136)138-10)108-80-98-64-52-54-66-100(98)82-110(108)124(112)140)134(122,103-75-93(59-47-39-31-23-15-5)69-94(76-103)60-48-40-32-24-16-6)104-77-95(61-49-41-33-25-17-7)70-96(78-104)62-50-42-34-26-18-8/h51-54,63-69,71-86,95H,11-50,55-62,70H2,1-8H3/b111-83-,112-84-,117-113+,118-114?. The van der Waals surface area contributed by atoms with Gasteiger partial charge in [-0.05, 0) is 246 Å². The van der Waals surface area contributed by atoms with Gasteiger partial charge in [-0.3, -0.25) is 9.59 Å². The minimum Gasteiger partial charge on any atom is -0.289 e. The van der Waals surface area contributed by atoms with Gasteiger partial charge in [-0.15, -0.1) is 68.0 Å². The number of nitrogens with zero attached hydrogens (tertiary/aromatic N) is 4. The van der Waals surface area contributed by atoms with E-state index in [1.54, 1.807) is 5.57 Å². The van der Waals surface area contributed by atoms with E-state index in [1.165, 1.54) is 344 Å². The highest BCUT2D eigenvalue weighted by atomic mass is 32.1. The molecule has 0 aliphatic heterocycles. The summed E-state index contributed by atoms with van der Waals surface area (Å²) in [5.74, 6) is 0.0131. The maximum absolute atomic E-state index is 15.7. The van der Waals surface area contributed by atoms with Crippen molar-refractivity contribution in [1.29, 1.82) is 10.5 Å². The van der Waals surface area contributed by atoms with Crippen molar-refractivity contribution in [2.24, 2.45) is 5.92 Å². The van der Waals surface area contributed by atoms with Crippen molar-refractivity contribution < 1.29 is 9.59 Å². The SMILES string of the molecule is [C-]#[N+]C(C#N)=C1/C(=C/c2cc3sc4c(c3s2)C(C2=CC(CCCCCCC)CC(CCCCCCC)=C2)(c2cc(CCCCCCC)cc(CCCCCCC)c2)c2c-4sc3c4c(sc23)-c2sc3cc(/C=C5\C(=O)c6cc7ccccc7cc6\C5=C(\C#N)[N+]#[C-])sc3c2C4(c2cc(CCCCCCC)cc(CCCCCCC)c2)c2cc(CCCCCCC)cc(CCCCCCC)c2)C(=O)c2cc3ccccc3cc21. The molecule has 2 atom stereocenters. The van der Waals surface area contributed by atoms with Crippen molar-refractivity contribution >= 4 is 153 Å². The first-order valence-corrected chi connectivity index (χ1v) is 61.8. The van der Waals surface area contributed by atoms with Gasteiger partial charge in [0.25, 0.3) is 11.4 Å². The zero-order chi connectivity index (χ0) is 101. The molecule has 0 fully saturated rings. The van der Waals surface area contributed by atoms with E-state index >= 15 is 9.59 Å². The predicted molar refractivity (Wildman–Crippen MR) is 632 cm³/mol. The molecule has 2 unspecified atom stereocenters. The number of Topliss-reactive ketones (excluding diaryl/α,β-unsaturated/α-hetero) is 2. The number of rotatable bonds is 54. The Labute approximate surface area is 896 Å². The number of hydrogen-bond acceptors (Lipinski definition) is 10. The summed E-state index contributed by atoms with van der Waals surface area (Å²) in [4.78, 5) is 46.6. The molecule has 0 amide bonds. The van der Waals surface area contributed by atoms with Crippen LogP contribution < -0.4 is 0 Å². The first kappa shape index (κ1) is 106. The van der Waals surface area contributed by atoms with Gasteiger partial charge in [-0.1, -0.05) is 388 Å². The molecule has 6 heterocycles. The van der Waals surface area contributed by atoms with Crippen LogP contribution in [-0.4, -0.2) is 11.6 Å². The quantitative estimate of drug-likeness (QED) is 0.0164. The molecule has 12 heteroatoms. The molecule has 13 aromatic rings. The molecule has 146 heavy (non-hydrogen) atoms. The molecule has 0 saturated heterocycles. The molecule has 6 nitrogen and oxygen atoms in total. The average Bonchev–Trinajstić information content (AvgIpc) is 1.47. The van der Waals surface area contributed by atoms with E-state index in [2.05, 4.69) is 209 Å². The summed E-state index contributed by atoms with van der Waals surface area (Å²) >= 11 is 11.8. The molecule has 0 spiro atoms. The van der Waals surface area contributed by atoms with Crippen LogP contribution >= 0.6 is 68.0 Å². The molecule has 0 N–H and O–H groups in total. The second-order valence-electron chi connectivity index (χ2n) is 43.1. The number of nitriles is 2. The van der Waals surface area contributed by atoms with Crippen LogP contribution in [0.4, 0.5) is 0 Å². The van der Waals surface area contributed by atoms with Crippen LogP contribution in [0.15, 0.2) is 185 Å². The van der Waals surface area contributed by atoms with E-state index < -0.39 is 10.8 Å². The number of aryl methyl sites for hydroxylation is 6. The molecular weight excluding hydrogens is 1890 g/mol. The Morgan fingerprint density at radius 3 is 0.973 bits per heavy atom. The Morgan fingerprint density at radius 2 is 0.637 bits per heavy atom. The minimum atomic E-state index is -0.873. The van der Waals surface area contributed by atoms with E-state index in [1.807, 2.05) is 99.9 Å². The first-order chi connectivity index (χ1) is 71.7. The lowest BCUT2D eigenvalue weighted by atomic mass is 9.64. The van der Waals surface area contributed by atoms with Gasteiger partial charge >= 0.3 is 0 Å². The minimum absolute atomic E-state index is 0.0661. The summed E-state index contributed by atoms with van der Waals surface area (Å²) in [6.07, 6.45) is 67.3. The second-order valence-corrected chi connectivity index (χ2v) is 49.4. The van der Waals surface area contributed by atoms with Crippen molar-refractivity contribution in [3.05, 3.63) is 313 Å². The molecule has 5 aliphatic rings. The molecule has 6 aromatic heterocycles. The molecule has 18 rings (SSSR count). The van der Waals surface area contributed by atoms with Crippen LogP contribution in [0.1, 0.15) is 445 Å². The number of hydrogen-bond donors (Lipinski definition) is 0. The van der Waals surface area contributed by atoms with Gasteiger partial charge in [-0.25, -0.2) is 20.2 Å². The molecule has 0 radical (unpaired) electrons. The van der Waals surface area contributed by atoms with Gasteiger partial charge < -0.3 is 0 Å². The van der Waals surface area contributed by atoms with Crippen LogP contribution in [0.3, 0.4) is 0 Å². The summed E-state index contributed by atoms with van der Waals surface area (Å²) in [7, 11) is 0. The fourth-order valence-corrected chi connectivity index (χ4v) is 33.8. The summed E-state index contributed by atoms with van der Waals surface area (Å²) in [6.45, 7) is 36.0. The summed E-state index contributed by atoms with van der Waals surface area (Å²) in [5, 5.41) is 26.0. The Bertz CT molecular complexity index is 7140. The predicted octanol–water partition coefficient (Wildman–Crippen LogP) is 42.0. The second kappa shape index (κ2) is 49.9. The lowest BCUT2D eigenvalue weighted by Gasteiger charge is -2.38. The van der Waals surface area contributed by atoms with Crippen molar-refractivity contribution in [1.82, 2.24) is 0 Å². The van der Waals surface area contributed by atoms with Gasteiger partial charge in [0.1, 0.15) is 0 Å². The lowest BCUT2D eigenvalue weighted by Crippen LogP contribution is -2.31. The van der Waals surface area contributed by atoms with Crippen molar-refractivity contribution in [2.45, 2.75) is 381 Å². The Hall–Kier alpha value is -10.2. The molecule has 7 aromatic carbocycles. The summed E-state index contributed by atoms with van der Waals surface area (Å²) < 4.78 is 7.68. The van der Waals surface area contributed by atoms with Crippen molar-refractivity contribution in [2.75, 3.05) is 0 Å². The highest BCUT2D eigenvalue weighted by molar-refractivity contribution is 7.37. The number of carbonyl (C=O) groups is 2. The number of allylic oxidation sites excluding steroid dienone is 10. The van der Waals surface area contributed by atoms with Crippen molar-refractivity contribution in [3.8, 4) is 31.6 Å². The Kier molecular flexibility index (Phi) is 36.1. The third kappa shape index (κ3) is 22.0. The van der Waals surface area contributed by atoms with E-state index in [0.717, 1.165) is 128 Å². The maximum Gasteiger partial charge on any atom is 0.270 e. The molecule has 5 aliphatic carbocycles. The van der Waals surface area contributed by atoms with Crippen LogP contribution in [0, 0.1) is 41.7 Å². The van der Waals surface area contributed by atoms with Gasteiger partial charge in [-0.2, -0.15) is 0 Å². The third-order valence-electron chi connectivity index (χ3n) is 32.4. The molecule has 754 valence electrons. The summed E-state index contributed by atoms with van der Waals surface area (Å²) in [5.41, 5.74) is 23.6. The molecule has 0 saturated carbocycles. The van der Waals surface area contributed by atoms with Gasteiger partial charge in [0.05, 0.1) is 74.4 Å². The normalized spacial score (nSPS) is 16.7. The molecular formula is C134H150N4O2S6. The van der Waals surface area contributed by atoms with Gasteiger partial charge in [0.2, 0.25) is 0 Å². The topological polar surface area (TPSA) is 90.4 Å². The smallest absolute Gasteiger partial charge is 0.270 e. The first-order valence-electron chi connectivity index (χ1n) is 56.9. The van der Waals surface area contributed by atoms with E-state index in [0.29, 0.717) is 50.5 Å². The number of fused-ring (bicyclic) bond motifs is 17. The fraction of sp³-hybridized carbons (Fsp3) is 0.448. The average molecular weight is 2040 g/mol. The Morgan fingerprint density at radius 1 is 0.342 bits per heavy atom. The lowest BCUT2D eigenvalue weighted by molar-refractivity contribution is 0.103. The third-order valence-corrected chi connectivity index (χ3v) is 40.0. The number of ketones is 2. The number of thiophene rings is 6. The monoisotopic (exact) mass is 2040 g/mol. The highest BCUT2D eigenvalue weighted by Gasteiger charge is 2.58. The zero-order valence-corrected chi connectivity index (χ0v) is 93.3. The molecule has 0 bridgehead atoms. The van der Waals surface area contributed by atoms with E-state index in [9.17, 15) is 10.5 Å². The number of carbonyl (C=O) groups excluding carboxylic acids is 2. The van der Waals surface area contributed by atoms with Crippen LogP contribution in [0.25, 0.3) is 102 Å². The van der Waals surface area contributed by atoms with Gasteiger partial charge in [0.15, 0.2) is 11.6 Å². The van der Waals surface area contributed by atoms with Crippen LogP contribution in [0.2, 0.25) is 0 Å². The number of benzene rings is 7. The van der Waals surface area contributed by atoms with Crippen LogP contribution in [-0.2, 0) is 49.4 Å². The fourth-order valence-electron chi connectivity index (χ4n) is 25.0. The largest absolute Gasteiger partial charge is 0.289 e. The van der Waals surface area contributed by atoms with E-state index in [4.69, 9.17) is 13.1 Å². The van der Waals surface area contributed by atoms with Crippen LogP contribution in [0.5, 0.6) is 0 Å². The van der Waals surface area contributed by atoms with Gasteiger partial charge in [0, 0.05) is 74.8 Å². The van der Waals surface area contributed by atoms with Crippen molar-refractivity contribution in [3.63, 3.8) is 0 Å².